The number of hydrogen-bond donors (Lipinski definition) is 2. The van der Waals surface area contributed by atoms with E-state index >= 15 is 0 Å². The van der Waals surface area contributed by atoms with Gasteiger partial charge in [-0.15, -0.1) is 0 Å². The summed E-state index contributed by atoms with van der Waals surface area (Å²) in [6.45, 7) is 7.13. The third-order valence-corrected chi connectivity index (χ3v) is 6.57. The lowest BCUT2D eigenvalue weighted by Gasteiger charge is -2.29. The Morgan fingerprint density at radius 2 is 1.77 bits per heavy atom. The first-order valence-electron chi connectivity index (χ1n) is 10.0. The number of anilines is 1. The zero-order valence-corrected chi connectivity index (χ0v) is 18.7. The molecule has 2 amide bonds. The van der Waals surface area contributed by atoms with Gasteiger partial charge in [-0.2, -0.15) is 0 Å². The van der Waals surface area contributed by atoms with E-state index in [2.05, 4.69) is 10.0 Å². The van der Waals surface area contributed by atoms with Gasteiger partial charge < -0.3 is 15.0 Å². The Labute approximate surface area is 182 Å². The molecule has 31 heavy (non-hydrogen) atoms. The fraction of sp³-hybridized carbons (Fsp3) is 0.364. The van der Waals surface area contributed by atoms with E-state index in [1.54, 1.807) is 49.1 Å². The van der Waals surface area contributed by atoms with Crippen LogP contribution in [0.1, 0.15) is 28.4 Å². The Bertz CT molecular complexity index is 1080. The second-order valence-electron chi connectivity index (χ2n) is 7.59. The number of benzene rings is 2. The number of nitrogens with zero attached hydrogens (tertiary/aromatic N) is 1. The fourth-order valence-electron chi connectivity index (χ4n) is 3.33. The van der Waals surface area contributed by atoms with Gasteiger partial charge in [-0.25, -0.2) is 8.42 Å². The molecule has 1 aliphatic heterocycles. The fourth-order valence-corrected chi connectivity index (χ4v) is 4.71. The number of amides is 2. The maximum atomic E-state index is 12.8. The molecule has 166 valence electrons. The van der Waals surface area contributed by atoms with Gasteiger partial charge in [0.1, 0.15) is 6.04 Å². The molecule has 1 aliphatic rings. The average Bonchev–Trinajstić information content (AvgIpc) is 2.75. The van der Waals surface area contributed by atoms with Gasteiger partial charge >= 0.3 is 0 Å². The number of carbonyl (C=O) groups excluding carboxylic acids is 2. The molecular weight excluding hydrogens is 418 g/mol. The Morgan fingerprint density at radius 1 is 1.06 bits per heavy atom. The van der Waals surface area contributed by atoms with Crippen LogP contribution in [0, 0.1) is 13.8 Å². The van der Waals surface area contributed by atoms with Crippen LogP contribution >= 0.6 is 0 Å². The van der Waals surface area contributed by atoms with Crippen molar-refractivity contribution in [1.29, 1.82) is 0 Å². The Kier molecular flexibility index (Phi) is 6.97. The van der Waals surface area contributed by atoms with Crippen molar-refractivity contribution in [2.75, 3.05) is 31.0 Å². The Balaban J connectivity index is 1.71. The highest BCUT2D eigenvalue weighted by atomic mass is 32.2. The second kappa shape index (κ2) is 9.49. The summed E-state index contributed by atoms with van der Waals surface area (Å²) in [6.07, 6.45) is 0. The van der Waals surface area contributed by atoms with E-state index in [0.29, 0.717) is 31.9 Å². The van der Waals surface area contributed by atoms with Gasteiger partial charge in [0.2, 0.25) is 5.91 Å². The lowest BCUT2D eigenvalue weighted by atomic mass is 10.1. The van der Waals surface area contributed by atoms with Crippen LogP contribution in [0.15, 0.2) is 47.4 Å². The largest absolute Gasteiger partial charge is 0.378 e. The third kappa shape index (κ3) is 5.62. The van der Waals surface area contributed by atoms with E-state index in [1.807, 2.05) is 13.0 Å². The van der Waals surface area contributed by atoms with E-state index in [-0.39, 0.29) is 22.1 Å². The molecule has 0 radical (unpaired) electrons. The monoisotopic (exact) mass is 445 g/mol. The van der Waals surface area contributed by atoms with Gasteiger partial charge in [-0.05, 0) is 56.2 Å². The van der Waals surface area contributed by atoms with Crippen molar-refractivity contribution in [2.24, 2.45) is 0 Å². The molecule has 0 aliphatic carbocycles. The van der Waals surface area contributed by atoms with Gasteiger partial charge in [-0.3, -0.25) is 14.3 Å². The second-order valence-corrected chi connectivity index (χ2v) is 9.24. The van der Waals surface area contributed by atoms with Crippen molar-refractivity contribution < 1.29 is 22.7 Å². The maximum Gasteiger partial charge on any atom is 0.262 e. The molecule has 0 bridgehead atoms. The highest BCUT2D eigenvalue weighted by Crippen LogP contribution is 2.21. The minimum Gasteiger partial charge on any atom is -0.378 e. The summed E-state index contributed by atoms with van der Waals surface area (Å²) < 4.78 is 33.4. The summed E-state index contributed by atoms with van der Waals surface area (Å²) in [6, 6.07) is 10.7. The van der Waals surface area contributed by atoms with Gasteiger partial charge in [0, 0.05) is 24.3 Å². The molecule has 1 heterocycles. The summed E-state index contributed by atoms with van der Waals surface area (Å²) in [5.41, 5.74) is 1.98. The first-order chi connectivity index (χ1) is 14.7. The SMILES string of the molecule is Cc1ccc(C)c(S(=O)(=O)Nc2cccc(C(=O)NC(C)C(=O)N3CCOCC3)c2)c1. The van der Waals surface area contributed by atoms with Gasteiger partial charge in [0.05, 0.1) is 18.1 Å². The number of rotatable bonds is 6. The molecule has 1 saturated heterocycles. The molecule has 2 N–H and O–H groups in total. The minimum absolute atomic E-state index is 0.177. The number of nitrogens with one attached hydrogen (secondary N) is 2. The molecule has 8 nitrogen and oxygen atoms in total. The third-order valence-electron chi connectivity index (χ3n) is 5.05. The van der Waals surface area contributed by atoms with E-state index in [4.69, 9.17) is 4.74 Å². The average molecular weight is 446 g/mol. The molecule has 0 aromatic heterocycles. The van der Waals surface area contributed by atoms with Crippen LogP contribution in [0.25, 0.3) is 0 Å². The van der Waals surface area contributed by atoms with E-state index in [9.17, 15) is 18.0 Å². The number of sulfonamides is 1. The number of ether oxygens (including phenoxy) is 1. The molecule has 2 aromatic carbocycles. The number of morpholine rings is 1. The summed E-state index contributed by atoms with van der Waals surface area (Å²) in [7, 11) is -3.81. The molecule has 3 rings (SSSR count). The van der Waals surface area contributed by atoms with E-state index < -0.39 is 22.0 Å². The van der Waals surface area contributed by atoms with Crippen molar-refractivity contribution in [3.8, 4) is 0 Å². The van der Waals surface area contributed by atoms with Crippen molar-refractivity contribution >= 4 is 27.5 Å². The van der Waals surface area contributed by atoms with Crippen molar-refractivity contribution in [1.82, 2.24) is 10.2 Å². The van der Waals surface area contributed by atoms with Crippen LogP contribution in [-0.2, 0) is 19.6 Å². The standard InChI is InChI=1S/C22H27N3O5S/c1-15-7-8-16(2)20(13-15)31(28,29)24-19-6-4-5-18(14-19)21(26)23-17(3)22(27)25-9-11-30-12-10-25/h4-8,13-14,17,24H,9-12H2,1-3H3,(H,23,26). The zero-order valence-electron chi connectivity index (χ0n) is 17.8. The number of hydrogen-bond acceptors (Lipinski definition) is 5. The smallest absolute Gasteiger partial charge is 0.262 e. The van der Waals surface area contributed by atoms with Crippen molar-refractivity contribution in [2.45, 2.75) is 31.7 Å². The van der Waals surface area contributed by atoms with Gasteiger partial charge in [-0.1, -0.05) is 18.2 Å². The maximum absolute atomic E-state index is 12.8. The number of aryl methyl sites for hydroxylation is 2. The van der Waals surface area contributed by atoms with Crippen molar-refractivity contribution in [3.05, 3.63) is 59.2 Å². The lowest BCUT2D eigenvalue weighted by Crippen LogP contribution is -2.50. The predicted octanol–water partition coefficient (Wildman–Crippen LogP) is 2.08. The normalized spacial score (nSPS) is 15.3. The topological polar surface area (TPSA) is 105 Å². The molecule has 2 aromatic rings. The highest BCUT2D eigenvalue weighted by Gasteiger charge is 2.24. The molecular formula is C22H27N3O5S. The van der Waals surface area contributed by atoms with E-state index in [1.165, 1.54) is 6.07 Å². The molecule has 1 atom stereocenters. The predicted molar refractivity (Wildman–Crippen MR) is 117 cm³/mol. The van der Waals surface area contributed by atoms with Crippen LogP contribution in [0.5, 0.6) is 0 Å². The van der Waals surface area contributed by atoms with Gasteiger partial charge in [0.15, 0.2) is 0 Å². The molecule has 0 spiro atoms. The minimum atomic E-state index is -3.81. The first kappa shape index (κ1) is 22.8. The van der Waals surface area contributed by atoms with Gasteiger partial charge in [0.25, 0.3) is 15.9 Å². The highest BCUT2D eigenvalue weighted by molar-refractivity contribution is 7.92. The zero-order chi connectivity index (χ0) is 22.6. The lowest BCUT2D eigenvalue weighted by molar-refractivity contribution is -0.136. The number of carbonyl (C=O) groups is 2. The summed E-state index contributed by atoms with van der Waals surface area (Å²) in [5.74, 6) is -0.634. The van der Waals surface area contributed by atoms with Crippen molar-refractivity contribution in [3.63, 3.8) is 0 Å². The summed E-state index contributed by atoms with van der Waals surface area (Å²) in [4.78, 5) is 27.0. The summed E-state index contributed by atoms with van der Waals surface area (Å²) in [5, 5.41) is 2.68. The summed E-state index contributed by atoms with van der Waals surface area (Å²) >= 11 is 0. The molecule has 1 fully saturated rings. The van der Waals surface area contributed by atoms with Crippen LogP contribution in [0.2, 0.25) is 0 Å². The van der Waals surface area contributed by atoms with E-state index in [0.717, 1.165) is 5.56 Å². The Morgan fingerprint density at radius 3 is 2.48 bits per heavy atom. The molecule has 9 heteroatoms. The van der Waals surface area contributed by atoms with Crippen LogP contribution < -0.4 is 10.0 Å². The van der Waals surface area contributed by atoms with Crippen LogP contribution in [-0.4, -0.2) is 57.5 Å². The molecule has 0 saturated carbocycles. The quantitative estimate of drug-likeness (QED) is 0.708. The van der Waals surface area contributed by atoms with Crippen LogP contribution in [0.4, 0.5) is 5.69 Å². The first-order valence-corrected chi connectivity index (χ1v) is 11.5. The molecule has 1 unspecified atom stereocenters. The Hall–Kier alpha value is -2.91. The van der Waals surface area contributed by atoms with Crippen LogP contribution in [0.3, 0.4) is 0 Å².